The van der Waals surface area contributed by atoms with Crippen LogP contribution in [0.5, 0.6) is 0 Å². The number of aryl methyl sites for hydroxylation is 1. The highest BCUT2D eigenvalue weighted by Gasteiger charge is 2.26. The molecule has 4 rings (SSSR count). The maximum Gasteiger partial charge on any atom is 0.272 e. The number of fused-ring (bicyclic) bond motifs is 2. The van der Waals surface area contributed by atoms with E-state index in [0.717, 1.165) is 22.2 Å². The fourth-order valence-corrected chi connectivity index (χ4v) is 4.83. The molecule has 0 saturated carbocycles. The molecule has 3 aromatic rings. The van der Waals surface area contributed by atoms with Gasteiger partial charge in [-0.15, -0.1) is 17.8 Å². The number of hydrogen-bond acceptors (Lipinski definition) is 4. The van der Waals surface area contributed by atoms with Gasteiger partial charge in [-0.25, -0.2) is 0 Å². The third-order valence-electron chi connectivity index (χ3n) is 4.86. The van der Waals surface area contributed by atoms with Gasteiger partial charge in [0, 0.05) is 23.2 Å². The average molecular weight is 427 g/mol. The van der Waals surface area contributed by atoms with Crippen LogP contribution in [0.1, 0.15) is 39.2 Å². The fourth-order valence-electron chi connectivity index (χ4n) is 3.35. The Balaban J connectivity index is 1.58. The maximum absolute atomic E-state index is 13.2. The van der Waals surface area contributed by atoms with Crippen LogP contribution in [0.3, 0.4) is 0 Å². The number of nitrogens with one attached hydrogen (secondary N) is 1. The first-order valence-corrected chi connectivity index (χ1v) is 10.5. The lowest BCUT2D eigenvalue weighted by Gasteiger charge is -2.19. The van der Waals surface area contributed by atoms with E-state index >= 15 is 0 Å². The molecule has 0 bridgehead atoms. The Hall–Kier alpha value is -2.82. The standard InChI is InChI=1S/C21H19ClN4O2S/c1-3-13(2)23-20(27)16-11-14-12-25(9-6-10-26(14)24-16)21(28)19-18(22)15-7-4-5-8-17(15)29-19/h1,4-5,7-8,11,13H,6,9-10,12H2,2H3,(H,23,27). The molecule has 29 heavy (non-hydrogen) atoms. The van der Waals surface area contributed by atoms with Gasteiger partial charge < -0.3 is 10.2 Å². The van der Waals surface area contributed by atoms with E-state index in [2.05, 4.69) is 16.3 Å². The lowest BCUT2D eigenvalue weighted by atomic mass is 10.2. The number of benzene rings is 1. The molecule has 1 aromatic carbocycles. The molecule has 0 saturated heterocycles. The summed E-state index contributed by atoms with van der Waals surface area (Å²) in [5, 5.41) is 8.49. The summed E-state index contributed by atoms with van der Waals surface area (Å²) in [4.78, 5) is 27.8. The molecular formula is C21H19ClN4O2S. The van der Waals surface area contributed by atoms with E-state index < -0.39 is 0 Å². The van der Waals surface area contributed by atoms with Crippen LogP contribution in [0.25, 0.3) is 10.1 Å². The predicted octanol–water partition coefficient (Wildman–Crippen LogP) is 3.55. The third-order valence-corrected chi connectivity index (χ3v) is 6.52. The van der Waals surface area contributed by atoms with Crippen molar-refractivity contribution in [3.8, 4) is 12.3 Å². The van der Waals surface area contributed by atoms with Crippen LogP contribution >= 0.6 is 22.9 Å². The summed E-state index contributed by atoms with van der Waals surface area (Å²) < 4.78 is 2.78. The molecule has 8 heteroatoms. The molecule has 1 unspecified atom stereocenters. The van der Waals surface area contributed by atoms with E-state index in [1.807, 2.05) is 24.3 Å². The Morgan fingerprint density at radius 2 is 2.14 bits per heavy atom. The zero-order valence-electron chi connectivity index (χ0n) is 15.8. The van der Waals surface area contributed by atoms with Gasteiger partial charge in [0.05, 0.1) is 23.3 Å². The number of terminal acetylenes is 1. The normalized spacial score (nSPS) is 14.7. The second-order valence-corrected chi connectivity index (χ2v) is 8.36. The highest BCUT2D eigenvalue weighted by molar-refractivity contribution is 7.21. The molecule has 0 fully saturated rings. The largest absolute Gasteiger partial charge is 0.337 e. The van der Waals surface area contributed by atoms with Gasteiger partial charge >= 0.3 is 0 Å². The van der Waals surface area contributed by atoms with E-state index in [-0.39, 0.29) is 17.9 Å². The summed E-state index contributed by atoms with van der Waals surface area (Å²) in [7, 11) is 0. The number of amides is 2. The molecule has 1 aliphatic heterocycles. The third kappa shape index (κ3) is 3.74. The molecule has 0 radical (unpaired) electrons. The lowest BCUT2D eigenvalue weighted by molar-refractivity contribution is 0.0751. The number of nitrogens with zero attached hydrogens (tertiary/aromatic N) is 3. The Kier molecular flexibility index (Phi) is 5.31. The Labute approximate surface area is 177 Å². The van der Waals surface area contributed by atoms with Crippen molar-refractivity contribution in [1.29, 1.82) is 0 Å². The smallest absolute Gasteiger partial charge is 0.272 e. The molecule has 1 atom stereocenters. The highest BCUT2D eigenvalue weighted by Crippen LogP contribution is 2.36. The van der Waals surface area contributed by atoms with Gasteiger partial charge in [0.1, 0.15) is 4.88 Å². The minimum atomic E-state index is -0.378. The van der Waals surface area contributed by atoms with E-state index in [1.165, 1.54) is 11.3 Å². The number of carbonyl (C=O) groups excluding carboxylic acids is 2. The van der Waals surface area contributed by atoms with Crippen LogP contribution in [0.4, 0.5) is 0 Å². The first-order chi connectivity index (χ1) is 14.0. The summed E-state index contributed by atoms with van der Waals surface area (Å²) in [6.45, 7) is 3.34. The topological polar surface area (TPSA) is 67.2 Å². The second-order valence-electron chi connectivity index (χ2n) is 6.93. The van der Waals surface area contributed by atoms with Crippen molar-refractivity contribution < 1.29 is 9.59 Å². The first-order valence-electron chi connectivity index (χ1n) is 9.28. The van der Waals surface area contributed by atoms with Crippen molar-refractivity contribution in [2.75, 3.05) is 6.54 Å². The number of carbonyl (C=O) groups is 2. The molecule has 148 valence electrons. The summed E-state index contributed by atoms with van der Waals surface area (Å²) in [6.07, 6.45) is 6.06. The zero-order valence-corrected chi connectivity index (χ0v) is 17.4. The first kappa shape index (κ1) is 19.5. The van der Waals surface area contributed by atoms with Crippen molar-refractivity contribution >= 4 is 44.8 Å². The minimum absolute atomic E-state index is 0.0993. The molecule has 6 nitrogen and oxygen atoms in total. The van der Waals surface area contributed by atoms with Crippen LogP contribution in [0, 0.1) is 12.3 Å². The summed E-state index contributed by atoms with van der Waals surface area (Å²) in [6, 6.07) is 9.07. The zero-order chi connectivity index (χ0) is 20.5. The molecule has 1 N–H and O–H groups in total. The maximum atomic E-state index is 13.2. The molecule has 0 aliphatic carbocycles. The Morgan fingerprint density at radius 3 is 2.90 bits per heavy atom. The number of aromatic nitrogens is 2. The van der Waals surface area contributed by atoms with E-state index in [4.69, 9.17) is 18.0 Å². The van der Waals surface area contributed by atoms with Gasteiger partial charge in [-0.3, -0.25) is 14.3 Å². The fraction of sp³-hybridized carbons (Fsp3) is 0.286. The lowest BCUT2D eigenvalue weighted by Crippen LogP contribution is -2.32. The van der Waals surface area contributed by atoms with E-state index in [0.29, 0.717) is 35.2 Å². The average Bonchev–Trinajstić information content (AvgIpc) is 3.21. The molecule has 2 amide bonds. The molecule has 0 spiro atoms. The van der Waals surface area contributed by atoms with Gasteiger partial charge in [0.2, 0.25) is 0 Å². The van der Waals surface area contributed by atoms with Gasteiger partial charge in [0.25, 0.3) is 11.8 Å². The Morgan fingerprint density at radius 1 is 1.34 bits per heavy atom. The number of rotatable bonds is 3. The van der Waals surface area contributed by atoms with Gasteiger partial charge in [-0.1, -0.05) is 35.7 Å². The van der Waals surface area contributed by atoms with Gasteiger partial charge in [0.15, 0.2) is 5.69 Å². The Bertz CT molecular complexity index is 1140. The van der Waals surface area contributed by atoms with Crippen molar-refractivity contribution in [3.63, 3.8) is 0 Å². The van der Waals surface area contributed by atoms with Crippen LogP contribution in [0.2, 0.25) is 5.02 Å². The van der Waals surface area contributed by atoms with Crippen LogP contribution < -0.4 is 5.32 Å². The van der Waals surface area contributed by atoms with Gasteiger partial charge in [-0.2, -0.15) is 5.10 Å². The van der Waals surface area contributed by atoms with Crippen LogP contribution in [-0.2, 0) is 13.1 Å². The SMILES string of the molecule is C#CC(C)NC(=O)c1cc2n(n1)CCCN(C(=O)c1sc3ccccc3c1Cl)C2. The van der Waals surface area contributed by atoms with Gasteiger partial charge in [-0.05, 0) is 25.5 Å². The monoisotopic (exact) mass is 426 g/mol. The summed E-state index contributed by atoms with van der Waals surface area (Å²) >= 11 is 7.90. The summed E-state index contributed by atoms with van der Waals surface area (Å²) in [5.74, 6) is 2.05. The predicted molar refractivity (Wildman–Crippen MR) is 114 cm³/mol. The van der Waals surface area contributed by atoms with Crippen LogP contribution in [0.15, 0.2) is 30.3 Å². The van der Waals surface area contributed by atoms with E-state index in [9.17, 15) is 9.59 Å². The minimum Gasteiger partial charge on any atom is -0.337 e. The number of hydrogen-bond donors (Lipinski definition) is 1. The molecule has 2 aromatic heterocycles. The molecule has 3 heterocycles. The van der Waals surface area contributed by atoms with Crippen molar-refractivity contribution in [2.45, 2.75) is 32.5 Å². The number of thiophene rings is 1. The van der Waals surface area contributed by atoms with Crippen molar-refractivity contribution in [1.82, 2.24) is 20.0 Å². The van der Waals surface area contributed by atoms with Crippen LogP contribution in [-0.4, -0.2) is 39.1 Å². The second kappa shape index (κ2) is 7.90. The van der Waals surface area contributed by atoms with E-state index in [1.54, 1.807) is 22.6 Å². The highest BCUT2D eigenvalue weighted by atomic mass is 35.5. The number of halogens is 1. The molecule has 1 aliphatic rings. The quantitative estimate of drug-likeness (QED) is 0.651. The summed E-state index contributed by atoms with van der Waals surface area (Å²) in [5.41, 5.74) is 1.11. The molecular weight excluding hydrogens is 408 g/mol. The van der Waals surface area contributed by atoms with Crippen molar-refractivity contribution in [2.24, 2.45) is 0 Å². The van der Waals surface area contributed by atoms with Crippen molar-refractivity contribution in [3.05, 3.63) is 51.6 Å².